The molecular weight excluding hydrogens is 457 g/mol. The zero-order chi connectivity index (χ0) is 23.9. The summed E-state index contributed by atoms with van der Waals surface area (Å²) in [6.07, 6.45) is 4.22. The number of alkyl halides is 3. The smallest absolute Gasteiger partial charge is 0.333 e. The molecule has 2 amide bonds. The Balaban J connectivity index is 1.63. The number of carbonyl (C=O) groups excluding carboxylic acids is 2. The highest BCUT2D eigenvalue weighted by Crippen LogP contribution is 2.35. The van der Waals surface area contributed by atoms with Crippen molar-refractivity contribution in [1.82, 2.24) is 19.2 Å². The zero-order valence-electron chi connectivity index (χ0n) is 18.5. The zero-order valence-corrected chi connectivity index (χ0v) is 19.3. The Labute approximate surface area is 195 Å². The van der Waals surface area contributed by atoms with E-state index in [9.17, 15) is 22.8 Å². The topological polar surface area (TPSA) is 57.9 Å². The number of rotatable bonds is 4. The van der Waals surface area contributed by atoms with E-state index in [2.05, 4.69) is 11.1 Å². The molecule has 3 heterocycles. The minimum Gasteiger partial charge on any atom is -0.333 e. The molecule has 10 heteroatoms. The summed E-state index contributed by atoms with van der Waals surface area (Å²) < 4.78 is 42.4. The van der Waals surface area contributed by atoms with Gasteiger partial charge in [-0.3, -0.25) is 14.0 Å². The van der Waals surface area contributed by atoms with Crippen molar-refractivity contribution in [3.8, 4) is 0 Å². The van der Waals surface area contributed by atoms with Crippen LogP contribution in [0.25, 0.3) is 5.65 Å². The van der Waals surface area contributed by atoms with Gasteiger partial charge in [0.1, 0.15) is 11.7 Å². The molecular formula is C23H26ClF3N4O2. The van der Waals surface area contributed by atoms with Gasteiger partial charge in [0.2, 0.25) is 5.91 Å². The molecule has 1 aliphatic heterocycles. The van der Waals surface area contributed by atoms with E-state index in [1.54, 1.807) is 4.90 Å². The van der Waals surface area contributed by atoms with Crippen LogP contribution in [0.5, 0.6) is 0 Å². The first-order chi connectivity index (χ1) is 15.6. The second-order valence-electron chi connectivity index (χ2n) is 9.04. The summed E-state index contributed by atoms with van der Waals surface area (Å²) in [4.78, 5) is 32.9. The number of piperazine rings is 1. The van der Waals surface area contributed by atoms with Gasteiger partial charge in [0.05, 0.1) is 11.6 Å². The third-order valence-electron chi connectivity index (χ3n) is 6.04. The minimum atomic E-state index is -4.65. The quantitative estimate of drug-likeness (QED) is 0.598. The van der Waals surface area contributed by atoms with Gasteiger partial charge in [-0.1, -0.05) is 37.6 Å². The van der Waals surface area contributed by atoms with E-state index in [-0.39, 0.29) is 41.8 Å². The average Bonchev–Trinajstić information content (AvgIpc) is 3.08. The van der Waals surface area contributed by atoms with Crippen LogP contribution in [0.3, 0.4) is 0 Å². The van der Waals surface area contributed by atoms with Crippen molar-refractivity contribution in [1.29, 1.82) is 0 Å². The third-order valence-corrected chi connectivity index (χ3v) is 6.41. The normalized spacial score (nSPS) is 19.7. The number of pyridine rings is 1. The monoisotopic (exact) mass is 482 g/mol. The first-order valence-electron chi connectivity index (χ1n) is 11.1. The van der Waals surface area contributed by atoms with Crippen LogP contribution >= 0.6 is 11.6 Å². The van der Waals surface area contributed by atoms with Gasteiger partial charge in [0, 0.05) is 19.3 Å². The summed E-state index contributed by atoms with van der Waals surface area (Å²) in [5.41, 5.74) is -1.18. The lowest BCUT2D eigenvalue weighted by Gasteiger charge is -2.38. The minimum absolute atomic E-state index is 0.0241. The van der Waals surface area contributed by atoms with Crippen LogP contribution in [0.15, 0.2) is 24.4 Å². The lowest BCUT2D eigenvalue weighted by atomic mass is 10.0. The Hall–Kier alpha value is -2.55. The summed E-state index contributed by atoms with van der Waals surface area (Å²) in [6.45, 7) is 4.28. The van der Waals surface area contributed by atoms with E-state index in [4.69, 9.17) is 11.6 Å². The van der Waals surface area contributed by atoms with Gasteiger partial charge in [-0.2, -0.15) is 13.2 Å². The molecule has 2 aromatic rings. The lowest BCUT2D eigenvalue weighted by Crippen LogP contribution is -2.55. The van der Waals surface area contributed by atoms with Crippen LogP contribution in [0.2, 0.25) is 5.15 Å². The molecule has 0 aromatic carbocycles. The highest BCUT2D eigenvalue weighted by molar-refractivity contribution is 6.33. The number of imidazole rings is 1. The largest absolute Gasteiger partial charge is 0.419 e. The standard InChI is InChI=1S/C23H26ClF3N4O2/c1-14(2)10-15-11-17(23(25,26)27)21-28-19(20(24)31(21)12-15)22(33)29-8-9-30(18(32)13-29)16-6-4-3-5-7-16/h4,6,11-12,14,16H,3,5,7-10,13H2,1-2H3. The number of amides is 2. The van der Waals surface area contributed by atoms with E-state index >= 15 is 0 Å². The van der Waals surface area contributed by atoms with Gasteiger partial charge in [-0.25, -0.2) is 4.98 Å². The van der Waals surface area contributed by atoms with Gasteiger partial charge in [-0.15, -0.1) is 0 Å². The number of hydrogen-bond acceptors (Lipinski definition) is 3. The fourth-order valence-electron chi connectivity index (χ4n) is 4.52. The van der Waals surface area contributed by atoms with Crippen LogP contribution in [0.4, 0.5) is 13.2 Å². The van der Waals surface area contributed by atoms with Crippen molar-refractivity contribution >= 4 is 29.1 Å². The molecule has 0 spiro atoms. The molecule has 0 radical (unpaired) electrons. The van der Waals surface area contributed by atoms with E-state index < -0.39 is 23.3 Å². The van der Waals surface area contributed by atoms with Gasteiger partial charge < -0.3 is 9.80 Å². The second kappa shape index (κ2) is 9.00. The van der Waals surface area contributed by atoms with Crippen LogP contribution < -0.4 is 0 Å². The number of aromatic nitrogens is 2. The van der Waals surface area contributed by atoms with Crippen LogP contribution in [0.1, 0.15) is 54.7 Å². The van der Waals surface area contributed by atoms with Gasteiger partial charge in [0.15, 0.2) is 11.3 Å². The van der Waals surface area contributed by atoms with Crippen LogP contribution in [-0.2, 0) is 17.4 Å². The molecule has 0 N–H and O–H groups in total. The Kier molecular flexibility index (Phi) is 6.44. The predicted octanol–water partition coefficient (Wildman–Crippen LogP) is 4.60. The first-order valence-corrected chi connectivity index (χ1v) is 11.5. The summed E-state index contributed by atoms with van der Waals surface area (Å²) in [5, 5.41) is -0.184. The summed E-state index contributed by atoms with van der Waals surface area (Å²) in [6, 6.07) is 1.09. The number of carbonyl (C=O) groups is 2. The van der Waals surface area contributed by atoms with Gasteiger partial charge >= 0.3 is 6.18 Å². The maximum Gasteiger partial charge on any atom is 0.419 e. The highest BCUT2D eigenvalue weighted by atomic mass is 35.5. The molecule has 0 saturated carbocycles. The van der Waals surface area contributed by atoms with Crippen LogP contribution in [0, 0.1) is 5.92 Å². The van der Waals surface area contributed by atoms with Crippen molar-refractivity contribution in [3.05, 3.63) is 46.4 Å². The SMILES string of the molecule is CC(C)Cc1cc(C(F)(F)F)c2nc(C(=O)N3CCN(C4C=CCCC4)C(=O)C3)c(Cl)n2c1. The van der Waals surface area contributed by atoms with Gasteiger partial charge in [0.25, 0.3) is 5.91 Å². The van der Waals surface area contributed by atoms with Crippen molar-refractivity contribution < 1.29 is 22.8 Å². The number of hydrogen-bond donors (Lipinski definition) is 0. The predicted molar refractivity (Wildman–Crippen MR) is 118 cm³/mol. The number of nitrogens with zero attached hydrogens (tertiary/aromatic N) is 4. The Morgan fingerprint density at radius 2 is 2.06 bits per heavy atom. The average molecular weight is 483 g/mol. The molecule has 1 unspecified atom stereocenters. The molecule has 6 nitrogen and oxygen atoms in total. The van der Waals surface area contributed by atoms with Gasteiger partial charge in [-0.05, 0) is 43.2 Å². The molecule has 1 fully saturated rings. The van der Waals surface area contributed by atoms with E-state index in [0.717, 1.165) is 29.7 Å². The molecule has 1 saturated heterocycles. The molecule has 2 aliphatic rings. The molecule has 4 rings (SSSR count). The molecule has 1 atom stereocenters. The number of allylic oxidation sites excluding steroid dienone is 1. The van der Waals surface area contributed by atoms with Crippen molar-refractivity contribution in [2.45, 2.75) is 51.7 Å². The van der Waals surface area contributed by atoms with Crippen molar-refractivity contribution in [2.24, 2.45) is 5.92 Å². The van der Waals surface area contributed by atoms with Crippen molar-refractivity contribution in [3.63, 3.8) is 0 Å². The van der Waals surface area contributed by atoms with Crippen molar-refractivity contribution in [2.75, 3.05) is 19.6 Å². The molecule has 2 aromatic heterocycles. The Bertz CT molecular complexity index is 1110. The first kappa shape index (κ1) is 23.6. The lowest BCUT2D eigenvalue weighted by molar-refractivity contribution is -0.137. The number of fused-ring (bicyclic) bond motifs is 1. The molecule has 178 valence electrons. The van der Waals surface area contributed by atoms with E-state index in [1.807, 2.05) is 19.9 Å². The Morgan fingerprint density at radius 1 is 1.30 bits per heavy atom. The molecule has 1 aliphatic carbocycles. The molecule has 0 bridgehead atoms. The summed E-state index contributed by atoms with van der Waals surface area (Å²) >= 11 is 6.37. The molecule has 33 heavy (non-hydrogen) atoms. The highest BCUT2D eigenvalue weighted by Gasteiger charge is 2.37. The van der Waals surface area contributed by atoms with E-state index in [0.29, 0.717) is 18.5 Å². The maximum atomic E-state index is 13.8. The van der Waals surface area contributed by atoms with Crippen LogP contribution in [-0.4, -0.2) is 56.7 Å². The fraction of sp³-hybridized carbons (Fsp3) is 0.522. The van der Waals surface area contributed by atoms with E-state index in [1.165, 1.54) is 11.1 Å². The fourth-order valence-corrected chi connectivity index (χ4v) is 4.77. The third kappa shape index (κ3) is 4.74. The Morgan fingerprint density at radius 3 is 2.67 bits per heavy atom. The second-order valence-corrected chi connectivity index (χ2v) is 9.40. The maximum absolute atomic E-state index is 13.8. The summed E-state index contributed by atoms with van der Waals surface area (Å²) in [5.74, 6) is -0.705. The number of halogens is 4. The summed E-state index contributed by atoms with van der Waals surface area (Å²) in [7, 11) is 0.